The van der Waals surface area contributed by atoms with Crippen molar-refractivity contribution >= 4 is 23.6 Å². The second-order valence-corrected chi connectivity index (χ2v) is 7.19. The molecule has 0 saturated carbocycles. The minimum atomic E-state index is -0.890. The zero-order valence-corrected chi connectivity index (χ0v) is 16.1. The van der Waals surface area contributed by atoms with Gasteiger partial charge in [0.05, 0.1) is 11.1 Å². The van der Waals surface area contributed by atoms with E-state index in [2.05, 4.69) is 0 Å². The van der Waals surface area contributed by atoms with Gasteiger partial charge in [-0.05, 0) is 31.2 Å². The van der Waals surface area contributed by atoms with Crippen LogP contribution in [0.4, 0.5) is 0 Å². The molecule has 148 valence electrons. The van der Waals surface area contributed by atoms with E-state index in [-0.39, 0.29) is 11.8 Å². The fourth-order valence-electron chi connectivity index (χ4n) is 3.83. The third-order valence-electron chi connectivity index (χ3n) is 5.47. The molecule has 0 radical (unpaired) electrons. The second-order valence-electron chi connectivity index (χ2n) is 7.19. The molecule has 0 aliphatic carbocycles. The van der Waals surface area contributed by atoms with E-state index in [4.69, 9.17) is 0 Å². The van der Waals surface area contributed by atoms with Crippen molar-refractivity contribution < 1.29 is 19.2 Å². The molecule has 7 nitrogen and oxygen atoms in total. The van der Waals surface area contributed by atoms with E-state index in [1.54, 1.807) is 53.1 Å². The van der Waals surface area contributed by atoms with Gasteiger partial charge in [0.1, 0.15) is 6.04 Å². The van der Waals surface area contributed by atoms with Crippen molar-refractivity contribution in [1.82, 2.24) is 14.7 Å². The SMILES string of the molecule is CC(C(=O)N1CCN(C(=O)c2ccccc2)CC1)N1C(=O)c2ccccc2C1=O. The van der Waals surface area contributed by atoms with Crippen molar-refractivity contribution in [2.75, 3.05) is 26.2 Å². The smallest absolute Gasteiger partial charge is 0.262 e. The van der Waals surface area contributed by atoms with Gasteiger partial charge in [-0.15, -0.1) is 0 Å². The van der Waals surface area contributed by atoms with E-state index >= 15 is 0 Å². The lowest BCUT2D eigenvalue weighted by atomic mass is 10.1. The summed E-state index contributed by atoms with van der Waals surface area (Å²) in [6.07, 6.45) is 0. The van der Waals surface area contributed by atoms with Crippen molar-refractivity contribution in [2.24, 2.45) is 0 Å². The Kier molecular flexibility index (Phi) is 4.88. The molecule has 7 heteroatoms. The van der Waals surface area contributed by atoms with Gasteiger partial charge in [-0.3, -0.25) is 24.1 Å². The van der Waals surface area contributed by atoms with Gasteiger partial charge in [0, 0.05) is 31.7 Å². The number of benzene rings is 2. The molecule has 1 fully saturated rings. The molecule has 0 spiro atoms. The Labute approximate surface area is 168 Å². The highest BCUT2D eigenvalue weighted by atomic mass is 16.2. The van der Waals surface area contributed by atoms with Crippen LogP contribution in [0.15, 0.2) is 54.6 Å². The van der Waals surface area contributed by atoms with Crippen LogP contribution < -0.4 is 0 Å². The lowest BCUT2D eigenvalue weighted by Gasteiger charge is -2.37. The van der Waals surface area contributed by atoms with Crippen molar-refractivity contribution in [3.8, 4) is 0 Å². The third-order valence-corrected chi connectivity index (χ3v) is 5.47. The van der Waals surface area contributed by atoms with E-state index in [1.165, 1.54) is 0 Å². The average Bonchev–Trinajstić information content (AvgIpc) is 3.03. The second kappa shape index (κ2) is 7.50. The maximum Gasteiger partial charge on any atom is 0.262 e. The number of carbonyl (C=O) groups is 4. The van der Waals surface area contributed by atoms with Crippen LogP contribution in [0.25, 0.3) is 0 Å². The summed E-state index contributed by atoms with van der Waals surface area (Å²) in [5, 5.41) is 0. The number of piperazine rings is 1. The summed E-state index contributed by atoms with van der Waals surface area (Å²) in [7, 11) is 0. The lowest BCUT2D eigenvalue weighted by Crippen LogP contribution is -2.56. The van der Waals surface area contributed by atoms with Crippen molar-refractivity contribution in [2.45, 2.75) is 13.0 Å². The van der Waals surface area contributed by atoms with Crippen LogP contribution in [0.3, 0.4) is 0 Å². The highest BCUT2D eigenvalue weighted by Gasteiger charge is 2.42. The predicted octanol–water partition coefficient (Wildman–Crippen LogP) is 1.66. The van der Waals surface area contributed by atoms with Gasteiger partial charge < -0.3 is 9.80 Å². The van der Waals surface area contributed by atoms with Crippen LogP contribution in [0.2, 0.25) is 0 Å². The molecule has 1 unspecified atom stereocenters. The van der Waals surface area contributed by atoms with Crippen molar-refractivity contribution in [3.05, 3.63) is 71.3 Å². The third kappa shape index (κ3) is 3.29. The average molecular weight is 391 g/mol. The summed E-state index contributed by atoms with van der Waals surface area (Å²) in [5.41, 5.74) is 1.28. The molecule has 0 aromatic heterocycles. The molecule has 1 saturated heterocycles. The first-order chi connectivity index (χ1) is 14.0. The Morgan fingerprint density at radius 2 is 1.24 bits per heavy atom. The minimum absolute atomic E-state index is 0.0638. The summed E-state index contributed by atoms with van der Waals surface area (Å²) in [5.74, 6) is -1.23. The zero-order chi connectivity index (χ0) is 20.5. The molecule has 2 aromatic carbocycles. The molecule has 2 aliphatic heterocycles. The number of hydrogen-bond donors (Lipinski definition) is 0. The number of hydrogen-bond acceptors (Lipinski definition) is 4. The fraction of sp³-hybridized carbons (Fsp3) is 0.273. The highest BCUT2D eigenvalue weighted by Crippen LogP contribution is 2.25. The van der Waals surface area contributed by atoms with Gasteiger partial charge in [-0.1, -0.05) is 30.3 Å². The molecule has 0 N–H and O–H groups in total. The first-order valence-electron chi connectivity index (χ1n) is 9.59. The van der Waals surface area contributed by atoms with Crippen LogP contribution in [-0.4, -0.2) is 70.5 Å². The summed E-state index contributed by atoms with van der Waals surface area (Å²) in [4.78, 5) is 55.1. The largest absolute Gasteiger partial charge is 0.337 e. The summed E-state index contributed by atoms with van der Waals surface area (Å²) >= 11 is 0. The van der Waals surface area contributed by atoms with Crippen LogP contribution in [0, 0.1) is 0 Å². The molecule has 1 atom stereocenters. The van der Waals surface area contributed by atoms with Gasteiger partial charge in [0.15, 0.2) is 0 Å². The monoisotopic (exact) mass is 391 g/mol. The van der Waals surface area contributed by atoms with Gasteiger partial charge in [0.2, 0.25) is 5.91 Å². The molecule has 2 aromatic rings. The Morgan fingerprint density at radius 3 is 1.79 bits per heavy atom. The maximum absolute atomic E-state index is 13.0. The summed E-state index contributed by atoms with van der Waals surface area (Å²) < 4.78 is 0. The number of imide groups is 1. The Morgan fingerprint density at radius 1 is 0.759 bits per heavy atom. The van der Waals surface area contributed by atoms with Gasteiger partial charge >= 0.3 is 0 Å². The normalized spacial score (nSPS) is 17.3. The van der Waals surface area contributed by atoms with Crippen molar-refractivity contribution in [1.29, 1.82) is 0 Å². The summed E-state index contributed by atoms with van der Waals surface area (Å²) in [6.45, 7) is 3.13. The number of rotatable bonds is 3. The Balaban J connectivity index is 1.41. The van der Waals surface area contributed by atoms with Crippen LogP contribution >= 0.6 is 0 Å². The number of carbonyl (C=O) groups excluding carboxylic acids is 4. The quantitative estimate of drug-likeness (QED) is 0.746. The Hall–Kier alpha value is -3.48. The van der Waals surface area contributed by atoms with E-state index < -0.39 is 17.9 Å². The Bertz CT molecular complexity index is 946. The zero-order valence-electron chi connectivity index (χ0n) is 16.1. The molecule has 29 heavy (non-hydrogen) atoms. The van der Waals surface area contributed by atoms with Gasteiger partial charge in [-0.2, -0.15) is 0 Å². The number of fused-ring (bicyclic) bond motifs is 1. The van der Waals surface area contributed by atoms with E-state index in [1.807, 2.05) is 18.2 Å². The first-order valence-corrected chi connectivity index (χ1v) is 9.59. The standard InChI is InChI=1S/C22H21N3O4/c1-15(25-21(28)17-9-5-6-10-18(17)22(25)29)19(26)23-11-13-24(14-12-23)20(27)16-7-3-2-4-8-16/h2-10,15H,11-14H2,1H3. The molecule has 2 heterocycles. The number of amides is 4. The summed E-state index contributed by atoms with van der Waals surface area (Å²) in [6, 6.07) is 14.7. The molecule has 4 rings (SSSR count). The van der Waals surface area contributed by atoms with E-state index in [0.29, 0.717) is 42.9 Å². The molecular formula is C22H21N3O4. The topological polar surface area (TPSA) is 78.0 Å². The van der Waals surface area contributed by atoms with E-state index in [0.717, 1.165) is 4.90 Å². The lowest BCUT2D eigenvalue weighted by molar-refractivity contribution is -0.136. The maximum atomic E-state index is 13.0. The fourth-order valence-corrected chi connectivity index (χ4v) is 3.83. The molecule has 2 aliphatic rings. The van der Waals surface area contributed by atoms with Crippen LogP contribution in [0.5, 0.6) is 0 Å². The predicted molar refractivity (Wildman–Crippen MR) is 105 cm³/mol. The molecule has 0 bridgehead atoms. The number of nitrogens with zero attached hydrogens (tertiary/aromatic N) is 3. The first kappa shape index (κ1) is 18.9. The highest BCUT2D eigenvalue weighted by molar-refractivity contribution is 6.22. The van der Waals surface area contributed by atoms with Crippen LogP contribution in [0.1, 0.15) is 38.0 Å². The van der Waals surface area contributed by atoms with E-state index in [9.17, 15) is 19.2 Å². The van der Waals surface area contributed by atoms with Gasteiger partial charge in [-0.25, -0.2) is 0 Å². The van der Waals surface area contributed by atoms with Gasteiger partial charge in [0.25, 0.3) is 17.7 Å². The van der Waals surface area contributed by atoms with Crippen molar-refractivity contribution in [3.63, 3.8) is 0 Å². The molecular weight excluding hydrogens is 370 g/mol. The molecule has 4 amide bonds. The van der Waals surface area contributed by atoms with Crippen LogP contribution in [-0.2, 0) is 4.79 Å². The minimum Gasteiger partial charge on any atom is -0.337 e.